The molecule has 1 aromatic rings. The van der Waals surface area contributed by atoms with Gasteiger partial charge in [-0.15, -0.1) is 0 Å². The van der Waals surface area contributed by atoms with Crippen molar-refractivity contribution < 1.29 is 122 Å². The molecular weight excluding hydrogens is 1110 g/mol. The first kappa shape index (κ1) is 73.1. The molecule has 0 radical (unpaired) electrons. The quantitative estimate of drug-likeness (QED) is 0.0282. The average molecular weight is 1180 g/mol. The average Bonchev–Trinajstić information content (AvgIpc) is 3.42. The summed E-state index contributed by atoms with van der Waals surface area (Å²) >= 11 is 0. The van der Waals surface area contributed by atoms with Gasteiger partial charge in [0, 0.05) is 32.3 Å². The minimum absolute atomic E-state index is 0.184. The van der Waals surface area contributed by atoms with Gasteiger partial charge in [0.15, 0.2) is 0 Å². The highest BCUT2D eigenvalue weighted by molar-refractivity contribution is 6.40. The zero-order chi connectivity index (χ0) is 64.0. The molecule has 0 fully saturated rings. The number of carbonyl (C=O) groups excluding carboxylic acids is 11. The van der Waals surface area contributed by atoms with E-state index in [4.69, 9.17) is 30.6 Å². The van der Waals surface area contributed by atoms with Crippen LogP contribution < -0.4 is 47.9 Å². The van der Waals surface area contributed by atoms with Crippen molar-refractivity contribution in [2.45, 2.75) is 141 Å². The Hall–Kier alpha value is -9.92. The number of carboxylic acids is 7. The predicted octanol–water partition coefficient (Wildman–Crippen LogP) is -4.52. The summed E-state index contributed by atoms with van der Waals surface area (Å²) in [5, 5.41) is 82.7. The van der Waals surface area contributed by atoms with Crippen LogP contribution in [0.1, 0.15) is 103 Å². The molecule has 1 rings (SSSR count). The van der Waals surface area contributed by atoms with Crippen molar-refractivity contribution in [3.8, 4) is 0 Å². The first-order valence-corrected chi connectivity index (χ1v) is 24.8. The molecule has 83 heavy (non-hydrogen) atoms. The van der Waals surface area contributed by atoms with E-state index in [0.717, 1.165) is 13.8 Å². The second kappa shape index (κ2) is 36.4. The highest BCUT2D eigenvalue weighted by Gasteiger charge is 2.37. The summed E-state index contributed by atoms with van der Waals surface area (Å²) in [6.07, 6.45) is -5.95. The zero-order valence-electron chi connectivity index (χ0n) is 45.5. The van der Waals surface area contributed by atoms with Crippen LogP contribution in [-0.2, 0) is 81.5 Å². The number of carboxylic acid groups (broad SMARTS) is 7. The fraction of sp³-hybridized carbons (Fsp3) is 0.510. The number of rotatable bonds is 36. The maximum absolute atomic E-state index is 13.2. The van der Waals surface area contributed by atoms with Crippen LogP contribution in [0.25, 0.3) is 0 Å². The molecule has 16 N–H and O–H groups in total. The number of benzene rings is 1. The number of hydrogen-bond acceptors (Lipinski definition) is 18. The number of amides is 9. The number of carbonyl (C=O) groups is 18. The Morgan fingerprint density at radius 1 is 0.386 bits per heavy atom. The Morgan fingerprint density at radius 3 is 1.04 bits per heavy atom. The summed E-state index contributed by atoms with van der Waals surface area (Å²) in [7, 11) is 0. The van der Waals surface area contributed by atoms with E-state index < -0.39 is 225 Å². The molecular formula is C49H67N9O25. The van der Waals surface area contributed by atoms with E-state index in [1.807, 2.05) is 5.32 Å². The lowest BCUT2D eigenvalue weighted by atomic mass is 9.99. The number of hydrogen-bond donors (Lipinski definition) is 16. The van der Waals surface area contributed by atoms with Crippen LogP contribution in [-0.4, -0.2) is 197 Å². The minimum Gasteiger partial charge on any atom is -0.481 e. The van der Waals surface area contributed by atoms with E-state index in [-0.39, 0.29) is 5.56 Å². The number of Topliss-reactive ketones (excluding diaryl/α,β-unsaturated/α-hetero) is 2. The molecule has 34 heteroatoms. The highest BCUT2D eigenvalue weighted by atomic mass is 16.4. The van der Waals surface area contributed by atoms with Gasteiger partial charge in [0.1, 0.15) is 48.3 Å². The summed E-state index contributed by atoms with van der Waals surface area (Å²) < 4.78 is 0. The van der Waals surface area contributed by atoms with Crippen molar-refractivity contribution >= 4 is 107 Å². The third kappa shape index (κ3) is 29.8. The normalized spacial score (nSPS) is 13.4. The Morgan fingerprint density at radius 2 is 0.711 bits per heavy atom. The molecule has 0 aromatic heterocycles. The molecule has 34 nitrogen and oxygen atoms in total. The Bertz CT molecular complexity index is 2580. The number of ketones is 2. The predicted molar refractivity (Wildman–Crippen MR) is 276 cm³/mol. The number of nitrogens with one attached hydrogen (secondary N) is 9. The minimum atomic E-state index is -1.91. The van der Waals surface area contributed by atoms with E-state index in [1.54, 1.807) is 18.2 Å². The van der Waals surface area contributed by atoms with Crippen molar-refractivity contribution in [2.24, 2.45) is 11.8 Å². The molecule has 1 aromatic carbocycles. The fourth-order valence-corrected chi connectivity index (χ4v) is 6.87. The van der Waals surface area contributed by atoms with Crippen LogP contribution in [0.5, 0.6) is 0 Å². The second-order valence-corrected chi connectivity index (χ2v) is 18.6. The molecule has 0 spiro atoms. The van der Waals surface area contributed by atoms with Crippen LogP contribution in [0, 0.1) is 11.8 Å². The second-order valence-electron chi connectivity index (χ2n) is 18.6. The van der Waals surface area contributed by atoms with Gasteiger partial charge in [0.25, 0.3) is 5.91 Å². The third-order valence-corrected chi connectivity index (χ3v) is 10.9. The molecule has 0 saturated heterocycles. The third-order valence-electron chi connectivity index (χ3n) is 10.9. The van der Waals surface area contributed by atoms with Gasteiger partial charge in [-0.3, -0.25) is 81.5 Å². The Kier molecular flexibility index (Phi) is 32.0. The summed E-state index contributed by atoms with van der Waals surface area (Å²) in [5.74, 6) is -23.0. The number of aliphatic carboxylic acids is 7. The van der Waals surface area contributed by atoms with E-state index in [9.17, 15) is 91.4 Å². The molecule has 0 unspecified atom stereocenters. The van der Waals surface area contributed by atoms with Gasteiger partial charge >= 0.3 is 41.8 Å². The van der Waals surface area contributed by atoms with Crippen molar-refractivity contribution in [1.82, 2.24) is 47.9 Å². The van der Waals surface area contributed by atoms with Crippen LogP contribution in [0.3, 0.4) is 0 Å². The van der Waals surface area contributed by atoms with Crippen molar-refractivity contribution in [1.29, 1.82) is 0 Å². The smallest absolute Gasteiger partial charge is 0.326 e. The van der Waals surface area contributed by atoms with E-state index in [0.29, 0.717) is 0 Å². The lowest BCUT2D eigenvalue weighted by molar-refractivity contribution is -0.147. The van der Waals surface area contributed by atoms with Gasteiger partial charge in [-0.25, -0.2) is 4.79 Å². The highest BCUT2D eigenvalue weighted by Crippen LogP contribution is 2.10. The van der Waals surface area contributed by atoms with Crippen molar-refractivity contribution in [3.63, 3.8) is 0 Å². The monoisotopic (exact) mass is 1180 g/mol. The van der Waals surface area contributed by atoms with Crippen LogP contribution in [0.4, 0.5) is 0 Å². The topological polar surface area (TPSA) is 557 Å². The molecule has 0 aliphatic rings. The summed E-state index contributed by atoms with van der Waals surface area (Å²) in [6, 6.07) is -5.42. The molecule has 9 amide bonds. The lowest BCUT2D eigenvalue weighted by Gasteiger charge is -2.27. The van der Waals surface area contributed by atoms with Crippen LogP contribution in [0.15, 0.2) is 30.3 Å². The molecule has 0 aliphatic carbocycles. The Labute approximate surface area is 471 Å². The van der Waals surface area contributed by atoms with Gasteiger partial charge in [-0.05, 0) is 36.8 Å². The van der Waals surface area contributed by atoms with Crippen molar-refractivity contribution in [2.75, 3.05) is 6.54 Å². The largest absolute Gasteiger partial charge is 0.481 e. The molecule has 0 heterocycles. The van der Waals surface area contributed by atoms with E-state index >= 15 is 0 Å². The van der Waals surface area contributed by atoms with E-state index in [1.165, 1.54) is 39.8 Å². The van der Waals surface area contributed by atoms with Gasteiger partial charge in [-0.2, -0.15) is 0 Å². The molecule has 8 atom stereocenters. The molecule has 458 valence electrons. The van der Waals surface area contributed by atoms with E-state index in [2.05, 4.69) is 42.5 Å². The first-order valence-electron chi connectivity index (χ1n) is 24.8. The van der Waals surface area contributed by atoms with Crippen LogP contribution in [0.2, 0.25) is 0 Å². The fourth-order valence-electron chi connectivity index (χ4n) is 6.87. The maximum Gasteiger partial charge on any atom is 0.326 e. The van der Waals surface area contributed by atoms with Gasteiger partial charge in [0.05, 0.1) is 32.2 Å². The molecule has 0 saturated carbocycles. The summed E-state index contributed by atoms with van der Waals surface area (Å²) in [6.45, 7) is 7.08. The standard InChI is InChI=1S/C29H37N5O13.C20H30N4O12/c1-14(2)24(34-27(45)17(9-10-21(37)38)32-28(46)19(12-23(41)42)31-15(3)35)29(47)33-18(11-22(39)40)25(43)20(36)13-30-26(44)16-7-5-4-6-8-16;1-8(2)16(19(34)23-12(20(35)36)7-15(30)31)24-17(32)10(4-5-13(26)27)22-18(33)11(6-14(28)29)21-9(3)25/h4-8,14,17-19,24H,9-13H2,1-3H3,(H,30,44)(H,31,35)(H,32,46)(H,33,47)(H,34,45)(H,37,38)(H,39,40)(H,41,42);8,10-12,16H,4-7H2,1-3H3,(H,21,25)(H,22,33)(H,23,34)(H,24,32)(H,26,27)(H,28,29)(H,30,31)(H,35,36)/t17-,18-,19-,24-;10-,11-,12-,16-/m00/s1. The molecule has 0 bridgehead atoms. The van der Waals surface area contributed by atoms with Gasteiger partial charge in [-0.1, -0.05) is 45.9 Å². The summed E-state index contributed by atoms with van der Waals surface area (Å²) in [4.78, 5) is 215. The molecule has 0 aliphatic heterocycles. The Balaban J connectivity index is 0.00000168. The SMILES string of the molecule is CC(=O)N[C@@H](CC(=O)O)C(=O)N[C@@H](CCC(=O)O)C(=O)N[C@H](C(=O)N[C@@H](CC(=O)O)C(=O)C(=O)CNC(=O)c1ccccc1)C(C)C.CC(=O)N[C@@H](CC(=O)O)C(=O)N[C@@H](CCC(=O)O)C(=O)N[C@H](C(=O)N[C@@H](CC(=O)O)C(=O)O)C(C)C. The maximum atomic E-state index is 13.2. The van der Waals surface area contributed by atoms with Gasteiger partial charge in [0.2, 0.25) is 58.8 Å². The zero-order valence-corrected chi connectivity index (χ0v) is 45.5. The van der Waals surface area contributed by atoms with Crippen molar-refractivity contribution in [3.05, 3.63) is 35.9 Å². The first-order chi connectivity index (χ1) is 38.5. The van der Waals surface area contributed by atoms with Crippen LogP contribution >= 0.6 is 0 Å². The van der Waals surface area contributed by atoms with Gasteiger partial charge < -0.3 is 83.6 Å². The summed E-state index contributed by atoms with van der Waals surface area (Å²) in [5.41, 5.74) is 0.184. The lowest BCUT2D eigenvalue weighted by Crippen LogP contribution is -2.59.